The maximum absolute atomic E-state index is 12.0. The highest BCUT2D eigenvalue weighted by molar-refractivity contribution is 5.92. The van der Waals surface area contributed by atoms with Gasteiger partial charge in [0.25, 0.3) is 5.91 Å². The zero-order valence-electron chi connectivity index (χ0n) is 13.8. The molecule has 0 fully saturated rings. The number of ether oxygens (including phenoxy) is 3. The molecular formula is C18H21NO4. The lowest BCUT2D eigenvalue weighted by atomic mass is 10.1. The standard InChI is InChI=1S/C18H21NO4/c1-12-5-7-15(9-13(12)2)23-11-18(20)19-14-6-8-16(21-3)17(10-14)22-4/h5-10H,11H2,1-4H3,(H,19,20). The predicted molar refractivity (Wildman–Crippen MR) is 89.6 cm³/mol. The molecule has 0 unspecified atom stereocenters. The number of hydrogen-bond donors (Lipinski definition) is 1. The fraction of sp³-hybridized carbons (Fsp3) is 0.278. The number of nitrogens with one attached hydrogen (secondary N) is 1. The zero-order chi connectivity index (χ0) is 16.8. The van der Waals surface area contributed by atoms with Gasteiger partial charge in [0.05, 0.1) is 14.2 Å². The second-order valence-corrected chi connectivity index (χ2v) is 5.15. The molecule has 5 nitrogen and oxygen atoms in total. The van der Waals surface area contributed by atoms with E-state index in [2.05, 4.69) is 5.32 Å². The van der Waals surface area contributed by atoms with Crippen molar-refractivity contribution in [3.63, 3.8) is 0 Å². The number of benzene rings is 2. The largest absolute Gasteiger partial charge is 0.493 e. The lowest BCUT2D eigenvalue weighted by Crippen LogP contribution is -2.20. The minimum atomic E-state index is -0.240. The third-order valence-corrected chi connectivity index (χ3v) is 3.52. The lowest BCUT2D eigenvalue weighted by Gasteiger charge is -2.11. The average molecular weight is 315 g/mol. The Kier molecular flexibility index (Phi) is 5.46. The summed E-state index contributed by atoms with van der Waals surface area (Å²) in [7, 11) is 3.11. The van der Waals surface area contributed by atoms with Gasteiger partial charge < -0.3 is 19.5 Å². The minimum absolute atomic E-state index is 0.0587. The smallest absolute Gasteiger partial charge is 0.262 e. The Hall–Kier alpha value is -2.69. The number of carbonyl (C=O) groups is 1. The van der Waals surface area contributed by atoms with E-state index in [4.69, 9.17) is 14.2 Å². The maximum Gasteiger partial charge on any atom is 0.262 e. The Balaban J connectivity index is 1.95. The van der Waals surface area contributed by atoms with Crippen LogP contribution in [0.15, 0.2) is 36.4 Å². The highest BCUT2D eigenvalue weighted by Gasteiger charge is 2.08. The molecule has 0 heterocycles. The van der Waals surface area contributed by atoms with E-state index in [1.54, 1.807) is 32.4 Å². The molecule has 0 bridgehead atoms. The number of carbonyl (C=O) groups excluding carboxylic acids is 1. The van der Waals surface area contributed by atoms with Crippen molar-refractivity contribution in [1.29, 1.82) is 0 Å². The van der Waals surface area contributed by atoms with E-state index in [1.165, 1.54) is 5.56 Å². The highest BCUT2D eigenvalue weighted by Crippen LogP contribution is 2.29. The van der Waals surface area contributed by atoms with Crippen molar-refractivity contribution in [3.8, 4) is 17.2 Å². The third kappa shape index (κ3) is 4.39. The second-order valence-electron chi connectivity index (χ2n) is 5.15. The first-order chi connectivity index (χ1) is 11.0. The van der Waals surface area contributed by atoms with Gasteiger partial charge >= 0.3 is 0 Å². The van der Waals surface area contributed by atoms with Gasteiger partial charge in [-0.05, 0) is 49.2 Å². The van der Waals surface area contributed by atoms with Crippen LogP contribution in [0.2, 0.25) is 0 Å². The predicted octanol–water partition coefficient (Wildman–Crippen LogP) is 3.34. The quantitative estimate of drug-likeness (QED) is 0.888. The number of amides is 1. The monoisotopic (exact) mass is 315 g/mol. The molecule has 0 aliphatic rings. The fourth-order valence-corrected chi connectivity index (χ4v) is 2.06. The normalized spacial score (nSPS) is 10.1. The molecule has 0 aliphatic heterocycles. The summed E-state index contributed by atoms with van der Waals surface area (Å²) in [6.45, 7) is 3.98. The molecular weight excluding hydrogens is 294 g/mol. The van der Waals surface area contributed by atoms with Crippen LogP contribution in [0, 0.1) is 13.8 Å². The Morgan fingerprint density at radius 2 is 1.70 bits per heavy atom. The molecule has 1 amide bonds. The van der Waals surface area contributed by atoms with Gasteiger partial charge in [-0.25, -0.2) is 0 Å². The Bertz CT molecular complexity index is 697. The molecule has 0 aliphatic carbocycles. The lowest BCUT2D eigenvalue weighted by molar-refractivity contribution is -0.118. The summed E-state index contributed by atoms with van der Waals surface area (Å²) >= 11 is 0. The van der Waals surface area contributed by atoms with Gasteiger partial charge in [0.1, 0.15) is 5.75 Å². The summed E-state index contributed by atoms with van der Waals surface area (Å²) in [5, 5.41) is 2.76. The first-order valence-corrected chi connectivity index (χ1v) is 7.25. The van der Waals surface area contributed by atoms with Crippen LogP contribution in [0.25, 0.3) is 0 Å². The van der Waals surface area contributed by atoms with Crippen molar-refractivity contribution in [3.05, 3.63) is 47.5 Å². The van der Waals surface area contributed by atoms with Gasteiger partial charge in [-0.15, -0.1) is 0 Å². The van der Waals surface area contributed by atoms with Crippen molar-refractivity contribution in [1.82, 2.24) is 0 Å². The van der Waals surface area contributed by atoms with Gasteiger partial charge in [0, 0.05) is 11.8 Å². The number of hydrogen-bond acceptors (Lipinski definition) is 4. The molecule has 0 atom stereocenters. The van der Waals surface area contributed by atoms with E-state index in [-0.39, 0.29) is 12.5 Å². The first kappa shape index (κ1) is 16.7. The Morgan fingerprint density at radius 1 is 0.957 bits per heavy atom. The molecule has 0 spiro atoms. The topological polar surface area (TPSA) is 56.8 Å². The van der Waals surface area contributed by atoms with Crippen LogP contribution >= 0.6 is 0 Å². The number of rotatable bonds is 6. The van der Waals surface area contributed by atoms with Gasteiger partial charge in [0.2, 0.25) is 0 Å². The van der Waals surface area contributed by atoms with E-state index in [1.807, 2.05) is 32.0 Å². The highest BCUT2D eigenvalue weighted by atomic mass is 16.5. The molecule has 23 heavy (non-hydrogen) atoms. The number of anilines is 1. The summed E-state index contributed by atoms with van der Waals surface area (Å²) in [4.78, 5) is 12.0. The number of aryl methyl sites for hydroxylation is 2. The fourth-order valence-electron chi connectivity index (χ4n) is 2.06. The van der Waals surface area contributed by atoms with E-state index in [9.17, 15) is 4.79 Å². The van der Waals surface area contributed by atoms with Crippen LogP contribution in [0.3, 0.4) is 0 Å². The summed E-state index contributed by atoms with van der Waals surface area (Å²) in [5.74, 6) is 1.60. The first-order valence-electron chi connectivity index (χ1n) is 7.25. The maximum atomic E-state index is 12.0. The van der Waals surface area contributed by atoms with Crippen molar-refractivity contribution < 1.29 is 19.0 Å². The summed E-state index contributed by atoms with van der Waals surface area (Å²) < 4.78 is 15.9. The Morgan fingerprint density at radius 3 is 2.35 bits per heavy atom. The van der Waals surface area contributed by atoms with Crippen molar-refractivity contribution >= 4 is 11.6 Å². The molecule has 0 saturated carbocycles. The average Bonchev–Trinajstić information content (AvgIpc) is 2.55. The van der Waals surface area contributed by atoms with Crippen LogP contribution in [-0.4, -0.2) is 26.7 Å². The molecule has 0 saturated heterocycles. The van der Waals surface area contributed by atoms with Crippen LogP contribution < -0.4 is 19.5 Å². The van der Waals surface area contributed by atoms with Gasteiger partial charge in [0.15, 0.2) is 18.1 Å². The number of methoxy groups -OCH3 is 2. The van der Waals surface area contributed by atoms with Crippen LogP contribution in [0.1, 0.15) is 11.1 Å². The molecule has 0 aromatic heterocycles. The van der Waals surface area contributed by atoms with E-state index >= 15 is 0 Å². The molecule has 0 radical (unpaired) electrons. The van der Waals surface area contributed by atoms with E-state index < -0.39 is 0 Å². The van der Waals surface area contributed by atoms with Crippen molar-refractivity contribution in [2.75, 3.05) is 26.1 Å². The second kappa shape index (κ2) is 7.54. The van der Waals surface area contributed by atoms with Gasteiger partial charge in [-0.2, -0.15) is 0 Å². The van der Waals surface area contributed by atoms with Crippen LogP contribution in [0.5, 0.6) is 17.2 Å². The molecule has 2 aromatic carbocycles. The van der Waals surface area contributed by atoms with Crippen LogP contribution in [0.4, 0.5) is 5.69 Å². The summed E-state index contributed by atoms with van der Waals surface area (Å²) in [5.41, 5.74) is 2.94. The van der Waals surface area contributed by atoms with Gasteiger partial charge in [-0.3, -0.25) is 4.79 Å². The van der Waals surface area contributed by atoms with E-state index in [0.717, 1.165) is 5.56 Å². The SMILES string of the molecule is COc1ccc(NC(=O)COc2ccc(C)c(C)c2)cc1OC. The molecule has 2 rings (SSSR count). The van der Waals surface area contributed by atoms with Crippen LogP contribution in [-0.2, 0) is 4.79 Å². The third-order valence-electron chi connectivity index (χ3n) is 3.52. The summed E-state index contributed by atoms with van der Waals surface area (Å²) in [6.07, 6.45) is 0. The Labute approximate surface area is 136 Å². The molecule has 122 valence electrons. The van der Waals surface area contributed by atoms with E-state index in [0.29, 0.717) is 22.9 Å². The summed E-state index contributed by atoms with van der Waals surface area (Å²) in [6, 6.07) is 10.9. The minimum Gasteiger partial charge on any atom is -0.493 e. The molecule has 2 aromatic rings. The zero-order valence-corrected chi connectivity index (χ0v) is 13.8. The van der Waals surface area contributed by atoms with Crippen molar-refractivity contribution in [2.45, 2.75) is 13.8 Å². The molecule has 5 heteroatoms. The van der Waals surface area contributed by atoms with Gasteiger partial charge in [-0.1, -0.05) is 6.07 Å². The van der Waals surface area contributed by atoms with Crippen molar-refractivity contribution in [2.24, 2.45) is 0 Å². The molecule has 1 N–H and O–H groups in total.